The second kappa shape index (κ2) is 9.77. The van der Waals surface area contributed by atoms with E-state index in [1.54, 1.807) is 27.7 Å². The average molecular weight is 547 g/mol. The maximum atomic E-state index is 14.2. The van der Waals surface area contributed by atoms with Crippen molar-refractivity contribution in [2.75, 3.05) is 18.4 Å². The number of pyridine rings is 1. The van der Waals surface area contributed by atoms with Gasteiger partial charge < -0.3 is 15.5 Å². The number of piperidine rings is 1. The zero-order chi connectivity index (χ0) is 27.3. The highest BCUT2D eigenvalue weighted by Gasteiger charge is 2.36. The van der Waals surface area contributed by atoms with Crippen LogP contribution in [-0.2, 0) is 9.59 Å². The van der Waals surface area contributed by atoms with Gasteiger partial charge in [0.05, 0.1) is 12.0 Å². The van der Waals surface area contributed by atoms with E-state index >= 15 is 0 Å². The number of halogens is 2. The van der Waals surface area contributed by atoms with E-state index in [0.717, 1.165) is 12.0 Å². The molecule has 2 aromatic carbocycles. The molecule has 0 radical (unpaired) electrons. The van der Waals surface area contributed by atoms with Crippen LogP contribution in [0.15, 0.2) is 55.0 Å². The third kappa shape index (κ3) is 4.61. The summed E-state index contributed by atoms with van der Waals surface area (Å²) in [5.41, 5.74) is 3.75. The van der Waals surface area contributed by atoms with Crippen molar-refractivity contribution >= 4 is 40.7 Å². The number of carbonyl (C=O) groups is 3. The third-order valence-electron chi connectivity index (χ3n) is 7.36. The molecule has 6 rings (SSSR count). The van der Waals surface area contributed by atoms with E-state index in [4.69, 9.17) is 11.6 Å². The lowest BCUT2D eigenvalue weighted by Gasteiger charge is -2.31. The van der Waals surface area contributed by atoms with Crippen molar-refractivity contribution < 1.29 is 18.8 Å². The molecule has 3 amide bonds. The zero-order valence-electron chi connectivity index (χ0n) is 20.9. The third-order valence-corrected chi connectivity index (χ3v) is 7.70. The smallest absolute Gasteiger partial charge is 0.252 e. The lowest BCUT2D eigenvalue weighted by Crippen LogP contribution is -2.42. The molecule has 1 fully saturated rings. The number of rotatable bonds is 4. The van der Waals surface area contributed by atoms with Crippen LogP contribution in [0.4, 0.5) is 10.1 Å². The molecule has 0 aliphatic carbocycles. The number of fused-ring (bicyclic) bond motifs is 2. The number of benzene rings is 2. The minimum atomic E-state index is -0.766. The van der Waals surface area contributed by atoms with Crippen molar-refractivity contribution in [3.8, 4) is 11.1 Å². The van der Waals surface area contributed by atoms with Gasteiger partial charge in [0.2, 0.25) is 11.8 Å². The van der Waals surface area contributed by atoms with Crippen LogP contribution in [0, 0.1) is 11.7 Å². The Bertz CT molecular complexity index is 1650. The highest BCUT2D eigenvalue weighted by molar-refractivity contribution is 6.31. The Morgan fingerprint density at radius 1 is 1.15 bits per heavy atom. The van der Waals surface area contributed by atoms with Gasteiger partial charge >= 0.3 is 0 Å². The van der Waals surface area contributed by atoms with Crippen molar-refractivity contribution in [2.24, 2.45) is 5.92 Å². The number of aromatic nitrogens is 3. The number of amides is 3. The number of anilines is 1. The molecule has 4 aromatic rings. The molecule has 2 atom stereocenters. The fourth-order valence-corrected chi connectivity index (χ4v) is 5.60. The van der Waals surface area contributed by atoms with Crippen molar-refractivity contribution in [3.05, 3.63) is 82.5 Å². The van der Waals surface area contributed by atoms with Crippen molar-refractivity contribution in [3.63, 3.8) is 0 Å². The number of carbonyl (C=O) groups excluding carboxylic acids is 3. The summed E-state index contributed by atoms with van der Waals surface area (Å²) < 4.78 is 15.8. The van der Waals surface area contributed by atoms with Crippen LogP contribution < -0.4 is 10.6 Å². The molecule has 2 N–H and O–H groups in total. The van der Waals surface area contributed by atoms with Crippen molar-refractivity contribution in [2.45, 2.75) is 25.8 Å². The van der Waals surface area contributed by atoms with Gasteiger partial charge in [-0.3, -0.25) is 14.4 Å². The van der Waals surface area contributed by atoms with E-state index in [0.29, 0.717) is 53.1 Å². The summed E-state index contributed by atoms with van der Waals surface area (Å²) >= 11 is 6.43. The first kappa shape index (κ1) is 25.0. The fraction of sp³-hybridized carbons (Fsp3) is 0.250. The predicted octanol–water partition coefficient (Wildman–Crippen LogP) is 4.22. The Morgan fingerprint density at radius 3 is 2.82 bits per heavy atom. The molecule has 2 aromatic heterocycles. The summed E-state index contributed by atoms with van der Waals surface area (Å²) in [6, 6.07) is 10.4. The zero-order valence-corrected chi connectivity index (χ0v) is 21.7. The number of hydrogen-bond donors (Lipinski definition) is 2. The summed E-state index contributed by atoms with van der Waals surface area (Å²) in [4.78, 5) is 44.5. The minimum Gasteiger partial charge on any atom is -0.342 e. The summed E-state index contributed by atoms with van der Waals surface area (Å²) in [7, 11) is 0. The lowest BCUT2D eigenvalue weighted by molar-refractivity contribution is -0.132. The first-order chi connectivity index (χ1) is 18.8. The highest BCUT2D eigenvalue weighted by atomic mass is 35.5. The molecule has 1 saturated heterocycles. The summed E-state index contributed by atoms with van der Waals surface area (Å²) in [5.74, 6) is -1.60. The molecule has 11 heteroatoms. The molecular formula is C28H24ClFN6O3. The number of nitrogens with one attached hydrogen (secondary N) is 2. The molecule has 0 bridgehead atoms. The molecule has 198 valence electrons. The van der Waals surface area contributed by atoms with E-state index in [2.05, 4.69) is 20.7 Å². The molecule has 4 heterocycles. The van der Waals surface area contributed by atoms with E-state index in [9.17, 15) is 18.8 Å². The second-order valence-corrected chi connectivity index (χ2v) is 10.2. The van der Waals surface area contributed by atoms with Crippen molar-refractivity contribution in [1.82, 2.24) is 24.8 Å². The van der Waals surface area contributed by atoms with Crippen LogP contribution in [0.1, 0.15) is 47.3 Å². The van der Waals surface area contributed by atoms with E-state index < -0.39 is 17.8 Å². The number of nitrogens with zero attached hydrogens (tertiary/aromatic N) is 4. The Hall–Kier alpha value is -4.31. The standard InChI is InChI=1S/C28H24ClFN6O3/c1-15(37)35-8-2-3-17(12-35)27(38)33-23-10-18(16-4-7-24-31-14-32-36(24)13-16)9-21-25(23)26(34-28(21)39)20-11-19(30)5-6-22(20)29/h4-7,9-11,13-14,17,26H,2-3,8,12H2,1H3,(H,33,38)(H,34,39). The molecular weight excluding hydrogens is 523 g/mol. The van der Waals surface area contributed by atoms with Gasteiger partial charge in [-0.05, 0) is 60.9 Å². The molecule has 0 spiro atoms. The topological polar surface area (TPSA) is 109 Å². The molecule has 9 nitrogen and oxygen atoms in total. The van der Waals surface area contributed by atoms with Gasteiger partial charge in [0.15, 0.2) is 5.65 Å². The maximum Gasteiger partial charge on any atom is 0.252 e. The fourth-order valence-electron chi connectivity index (χ4n) is 5.37. The van der Waals surface area contributed by atoms with E-state index in [1.165, 1.54) is 31.5 Å². The number of likely N-dealkylation sites (tertiary alicyclic amines) is 1. The van der Waals surface area contributed by atoms with Crippen LogP contribution in [0.25, 0.3) is 16.8 Å². The number of hydrogen-bond acceptors (Lipinski definition) is 5. The SMILES string of the molecule is CC(=O)N1CCCC(C(=O)Nc2cc(-c3ccc4ncnn4c3)cc3c2C(c2cc(F)ccc2Cl)NC3=O)C1. The molecule has 2 aliphatic heterocycles. The second-order valence-electron chi connectivity index (χ2n) is 9.83. The monoisotopic (exact) mass is 546 g/mol. The average Bonchev–Trinajstić information content (AvgIpc) is 3.54. The minimum absolute atomic E-state index is 0.0745. The molecule has 39 heavy (non-hydrogen) atoms. The van der Waals surface area contributed by atoms with Crippen molar-refractivity contribution in [1.29, 1.82) is 0 Å². The van der Waals surface area contributed by atoms with Gasteiger partial charge in [-0.2, -0.15) is 5.10 Å². The summed E-state index contributed by atoms with van der Waals surface area (Å²) in [6.07, 6.45) is 4.59. The first-order valence-electron chi connectivity index (χ1n) is 12.6. The van der Waals surface area contributed by atoms with Gasteiger partial charge in [0, 0.05) is 59.2 Å². The molecule has 2 unspecified atom stereocenters. The summed E-state index contributed by atoms with van der Waals surface area (Å²) in [5, 5.41) is 10.4. The van der Waals surface area contributed by atoms with Crippen LogP contribution in [0.5, 0.6) is 0 Å². The van der Waals surface area contributed by atoms with E-state index in [1.807, 2.05) is 12.1 Å². The Labute approximate surface area is 228 Å². The Kier molecular flexibility index (Phi) is 6.26. The van der Waals surface area contributed by atoms with Crippen LogP contribution >= 0.6 is 11.6 Å². The summed E-state index contributed by atoms with van der Waals surface area (Å²) in [6.45, 7) is 2.43. The van der Waals surface area contributed by atoms with Gasteiger partial charge in [-0.15, -0.1) is 0 Å². The largest absolute Gasteiger partial charge is 0.342 e. The van der Waals surface area contributed by atoms with Gasteiger partial charge in [-0.25, -0.2) is 13.9 Å². The normalized spacial score (nSPS) is 18.6. The first-order valence-corrected chi connectivity index (χ1v) is 13.0. The quantitative estimate of drug-likeness (QED) is 0.398. The highest BCUT2D eigenvalue weighted by Crippen LogP contribution is 2.42. The van der Waals surface area contributed by atoms with Gasteiger partial charge in [-0.1, -0.05) is 11.6 Å². The molecule has 2 aliphatic rings. The van der Waals surface area contributed by atoms with Gasteiger partial charge in [0.25, 0.3) is 5.91 Å². The van der Waals surface area contributed by atoms with E-state index in [-0.39, 0.29) is 22.7 Å². The van der Waals surface area contributed by atoms with Crippen LogP contribution in [0.2, 0.25) is 5.02 Å². The Morgan fingerprint density at radius 2 is 2.00 bits per heavy atom. The van der Waals surface area contributed by atoms with Gasteiger partial charge in [0.1, 0.15) is 12.1 Å². The molecule has 0 saturated carbocycles. The lowest BCUT2D eigenvalue weighted by atomic mass is 9.92. The predicted molar refractivity (Wildman–Crippen MR) is 143 cm³/mol. The maximum absolute atomic E-state index is 14.2. The Balaban J connectivity index is 1.45. The van der Waals surface area contributed by atoms with Crippen LogP contribution in [-0.4, -0.2) is 50.3 Å². The van der Waals surface area contributed by atoms with Crippen LogP contribution in [0.3, 0.4) is 0 Å².